The third kappa shape index (κ3) is 1.19. The predicted molar refractivity (Wildman–Crippen MR) is 42.2 cm³/mol. The van der Waals surface area contributed by atoms with Crippen molar-refractivity contribution < 1.29 is 9.53 Å². The predicted octanol–water partition coefficient (Wildman–Crippen LogP) is 0.470. The van der Waals surface area contributed by atoms with Gasteiger partial charge in [0, 0.05) is 0 Å². The summed E-state index contributed by atoms with van der Waals surface area (Å²) in [6, 6.07) is -0.488. The monoisotopic (exact) mass is 157 g/mol. The van der Waals surface area contributed by atoms with Gasteiger partial charge in [0.05, 0.1) is 11.6 Å². The van der Waals surface area contributed by atoms with Crippen LogP contribution in [0.4, 0.5) is 0 Å². The smallest absolute Gasteiger partial charge is 0.183 e. The first kappa shape index (κ1) is 8.68. The Morgan fingerprint density at radius 2 is 1.82 bits per heavy atom. The number of carbonyl (C=O) groups is 1. The van der Waals surface area contributed by atoms with Gasteiger partial charge in [-0.05, 0) is 27.7 Å². The summed E-state index contributed by atoms with van der Waals surface area (Å²) in [5.74, 6) is -0.0116. The van der Waals surface area contributed by atoms with Crippen molar-refractivity contribution in [1.29, 1.82) is 0 Å². The van der Waals surface area contributed by atoms with Crippen LogP contribution in [-0.2, 0) is 9.53 Å². The summed E-state index contributed by atoms with van der Waals surface area (Å²) in [6.45, 7) is 7.18. The summed E-state index contributed by atoms with van der Waals surface area (Å²) < 4.78 is 5.49. The molecule has 0 aliphatic carbocycles. The van der Waals surface area contributed by atoms with E-state index < -0.39 is 17.2 Å². The zero-order chi connectivity index (χ0) is 8.86. The van der Waals surface area contributed by atoms with Crippen LogP contribution in [0.15, 0.2) is 0 Å². The van der Waals surface area contributed by atoms with E-state index in [1.165, 1.54) is 0 Å². The number of rotatable bonds is 0. The van der Waals surface area contributed by atoms with Gasteiger partial charge in [0.1, 0.15) is 5.60 Å². The number of carbonyl (C=O) groups excluding carboxylic acids is 1. The molecule has 1 unspecified atom stereocenters. The largest absolute Gasteiger partial charge is 0.360 e. The van der Waals surface area contributed by atoms with Gasteiger partial charge in [0.2, 0.25) is 0 Å². The standard InChI is InChI=1S/C8H15NO2/c1-7(2)5(9)6(10)8(3,4)11-7/h5H,9H2,1-4H3. The fraction of sp³-hybridized carbons (Fsp3) is 0.875. The summed E-state index contributed by atoms with van der Waals surface area (Å²) in [6.07, 6.45) is 0. The van der Waals surface area contributed by atoms with E-state index in [-0.39, 0.29) is 5.78 Å². The summed E-state index contributed by atoms with van der Waals surface area (Å²) >= 11 is 0. The number of ketones is 1. The van der Waals surface area contributed by atoms with Gasteiger partial charge in [-0.1, -0.05) is 0 Å². The molecule has 64 valence electrons. The van der Waals surface area contributed by atoms with Crippen LogP contribution in [0.1, 0.15) is 27.7 Å². The number of hydrogen-bond acceptors (Lipinski definition) is 3. The number of hydrogen-bond donors (Lipinski definition) is 1. The second-order valence-corrected chi connectivity index (χ2v) is 4.06. The first-order chi connectivity index (χ1) is 4.77. The van der Waals surface area contributed by atoms with Gasteiger partial charge >= 0.3 is 0 Å². The van der Waals surface area contributed by atoms with Crippen molar-refractivity contribution >= 4 is 5.78 Å². The van der Waals surface area contributed by atoms with E-state index in [1.54, 1.807) is 13.8 Å². The summed E-state index contributed by atoms with van der Waals surface area (Å²) in [7, 11) is 0. The maximum absolute atomic E-state index is 11.4. The molecule has 0 amide bonds. The Labute approximate surface area is 66.9 Å². The van der Waals surface area contributed by atoms with Crippen molar-refractivity contribution in [1.82, 2.24) is 0 Å². The van der Waals surface area contributed by atoms with Crippen LogP contribution in [0.3, 0.4) is 0 Å². The van der Waals surface area contributed by atoms with Gasteiger partial charge in [-0.25, -0.2) is 0 Å². The van der Waals surface area contributed by atoms with Crippen LogP contribution in [0.25, 0.3) is 0 Å². The van der Waals surface area contributed by atoms with Gasteiger partial charge in [-0.15, -0.1) is 0 Å². The molecule has 0 aromatic rings. The highest BCUT2D eigenvalue weighted by Crippen LogP contribution is 2.32. The Hall–Kier alpha value is -0.410. The minimum atomic E-state index is -0.705. The fourth-order valence-electron chi connectivity index (χ4n) is 1.46. The Kier molecular flexibility index (Phi) is 1.62. The van der Waals surface area contributed by atoms with E-state index in [0.29, 0.717) is 0 Å². The SMILES string of the molecule is CC1(C)OC(C)(C)C(N)C1=O. The molecular weight excluding hydrogens is 142 g/mol. The molecule has 11 heavy (non-hydrogen) atoms. The second kappa shape index (κ2) is 2.05. The molecule has 0 spiro atoms. The molecule has 1 heterocycles. The van der Waals surface area contributed by atoms with Gasteiger partial charge in [-0.2, -0.15) is 0 Å². The Bertz CT molecular complexity index is 196. The van der Waals surface area contributed by atoms with Gasteiger partial charge in [0.15, 0.2) is 5.78 Å². The van der Waals surface area contributed by atoms with Crippen LogP contribution in [-0.4, -0.2) is 23.0 Å². The van der Waals surface area contributed by atoms with E-state index in [9.17, 15) is 4.79 Å². The molecule has 0 aromatic heterocycles. The lowest BCUT2D eigenvalue weighted by Crippen LogP contribution is -2.43. The lowest BCUT2D eigenvalue weighted by atomic mass is 9.94. The third-order valence-electron chi connectivity index (χ3n) is 2.14. The van der Waals surface area contributed by atoms with Gasteiger partial charge < -0.3 is 10.5 Å². The molecule has 1 aliphatic rings. The Morgan fingerprint density at radius 1 is 1.36 bits per heavy atom. The highest BCUT2D eigenvalue weighted by atomic mass is 16.5. The average molecular weight is 157 g/mol. The van der Waals surface area contributed by atoms with Crippen LogP contribution < -0.4 is 5.73 Å². The van der Waals surface area contributed by atoms with Crippen molar-refractivity contribution in [3.63, 3.8) is 0 Å². The molecule has 1 aliphatic heterocycles. The highest BCUT2D eigenvalue weighted by molar-refractivity contribution is 5.94. The van der Waals surface area contributed by atoms with Crippen molar-refractivity contribution in [3.8, 4) is 0 Å². The van der Waals surface area contributed by atoms with Crippen LogP contribution in [0.2, 0.25) is 0 Å². The van der Waals surface area contributed by atoms with Crippen molar-refractivity contribution in [2.24, 2.45) is 5.73 Å². The lowest BCUT2D eigenvalue weighted by molar-refractivity contribution is -0.132. The molecule has 0 radical (unpaired) electrons. The molecule has 1 saturated heterocycles. The normalized spacial score (nSPS) is 34.3. The number of Topliss-reactive ketones (excluding diaryl/α,β-unsaturated/α-hetero) is 1. The maximum Gasteiger partial charge on any atom is 0.183 e. The fourth-order valence-corrected chi connectivity index (χ4v) is 1.46. The highest BCUT2D eigenvalue weighted by Gasteiger charge is 2.51. The van der Waals surface area contributed by atoms with Crippen molar-refractivity contribution in [3.05, 3.63) is 0 Å². The topological polar surface area (TPSA) is 52.3 Å². The van der Waals surface area contributed by atoms with Crippen LogP contribution >= 0.6 is 0 Å². The first-order valence-electron chi connectivity index (χ1n) is 3.77. The van der Waals surface area contributed by atoms with Gasteiger partial charge in [-0.3, -0.25) is 4.79 Å². The van der Waals surface area contributed by atoms with Crippen LogP contribution in [0, 0.1) is 0 Å². The molecule has 3 nitrogen and oxygen atoms in total. The summed E-state index contributed by atoms with van der Waals surface area (Å²) in [5, 5.41) is 0. The molecule has 1 rings (SSSR count). The van der Waals surface area contributed by atoms with Crippen molar-refractivity contribution in [2.45, 2.75) is 44.9 Å². The lowest BCUT2D eigenvalue weighted by Gasteiger charge is -2.23. The molecule has 1 atom stereocenters. The zero-order valence-corrected chi connectivity index (χ0v) is 7.47. The van der Waals surface area contributed by atoms with E-state index in [0.717, 1.165) is 0 Å². The van der Waals surface area contributed by atoms with Crippen molar-refractivity contribution in [2.75, 3.05) is 0 Å². The molecule has 3 heteroatoms. The van der Waals surface area contributed by atoms with E-state index in [4.69, 9.17) is 10.5 Å². The summed E-state index contributed by atoms with van der Waals surface area (Å²) in [5.41, 5.74) is 4.44. The molecule has 2 N–H and O–H groups in total. The van der Waals surface area contributed by atoms with E-state index >= 15 is 0 Å². The molecule has 0 aromatic carbocycles. The average Bonchev–Trinajstić information content (AvgIpc) is 1.91. The number of nitrogens with two attached hydrogens (primary N) is 1. The van der Waals surface area contributed by atoms with E-state index in [2.05, 4.69) is 0 Å². The Morgan fingerprint density at radius 3 is 1.91 bits per heavy atom. The molecular formula is C8H15NO2. The van der Waals surface area contributed by atoms with Gasteiger partial charge in [0.25, 0.3) is 0 Å². The second-order valence-electron chi connectivity index (χ2n) is 4.06. The summed E-state index contributed by atoms with van der Waals surface area (Å²) in [4.78, 5) is 11.4. The Balaban J connectivity index is 2.96. The third-order valence-corrected chi connectivity index (χ3v) is 2.14. The minimum absolute atomic E-state index is 0.0116. The molecule has 1 fully saturated rings. The van der Waals surface area contributed by atoms with E-state index in [1.807, 2.05) is 13.8 Å². The molecule has 0 bridgehead atoms. The molecule has 0 saturated carbocycles. The number of ether oxygens (including phenoxy) is 1. The maximum atomic E-state index is 11.4. The quantitative estimate of drug-likeness (QED) is 0.556. The van der Waals surface area contributed by atoms with Crippen LogP contribution in [0.5, 0.6) is 0 Å². The first-order valence-corrected chi connectivity index (χ1v) is 3.77. The minimum Gasteiger partial charge on any atom is -0.360 e. The zero-order valence-electron chi connectivity index (χ0n) is 7.47.